The molecule has 1 saturated heterocycles. The largest absolute Gasteiger partial charge is 0.321 e. The lowest BCUT2D eigenvalue weighted by Gasteiger charge is -2.20. The number of amides is 2. The number of rotatable bonds is 5. The van der Waals surface area contributed by atoms with E-state index in [4.69, 9.17) is 11.6 Å². The minimum absolute atomic E-state index is 0.109. The first-order chi connectivity index (χ1) is 16.0. The Morgan fingerprint density at radius 1 is 1.06 bits per heavy atom. The highest BCUT2D eigenvalue weighted by molar-refractivity contribution is 8.05. The molecule has 0 radical (unpaired) electrons. The van der Waals surface area contributed by atoms with Crippen LogP contribution in [0.4, 0.5) is 11.4 Å². The van der Waals surface area contributed by atoms with Gasteiger partial charge in [0, 0.05) is 10.7 Å². The van der Waals surface area contributed by atoms with Crippen LogP contribution in [0.15, 0.2) is 89.5 Å². The van der Waals surface area contributed by atoms with E-state index in [1.54, 1.807) is 30.3 Å². The fraction of sp³-hybridized carbons (Fsp3) is 0.115. The molecule has 0 unspecified atom stereocenters. The third kappa shape index (κ3) is 4.80. The molecule has 0 aliphatic carbocycles. The Morgan fingerprint density at radius 2 is 1.73 bits per heavy atom. The van der Waals surface area contributed by atoms with E-state index in [1.807, 2.05) is 61.5 Å². The number of aryl methyl sites for hydroxylation is 1. The third-order valence-electron chi connectivity index (χ3n) is 5.26. The molecule has 0 bridgehead atoms. The Morgan fingerprint density at radius 3 is 2.42 bits per heavy atom. The van der Waals surface area contributed by atoms with E-state index in [0.29, 0.717) is 27.8 Å². The van der Waals surface area contributed by atoms with Crippen LogP contribution in [-0.4, -0.2) is 17.1 Å². The van der Waals surface area contributed by atoms with E-state index in [0.717, 1.165) is 11.1 Å². The van der Waals surface area contributed by atoms with Crippen molar-refractivity contribution in [1.82, 2.24) is 0 Å². The van der Waals surface area contributed by atoms with Gasteiger partial charge in [0.2, 0.25) is 5.91 Å². The normalized spacial score (nSPS) is 16.9. The van der Waals surface area contributed by atoms with E-state index in [2.05, 4.69) is 5.32 Å². The van der Waals surface area contributed by atoms with Crippen molar-refractivity contribution in [2.75, 3.05) is 10.2 Å². The number of hydrogen-bond donors (Lipinski definition) is 1. The predicted octanol–water partition coefficient (Wildman–Crippen LogP) is 5.71. The zero-order valence-corrected chi connectivity index (χ0v) is 19.4. The number of carbonyl (C=O) groups excluding carboxylic acids is 2. The highest BCUT2D eigenvalue weighted by Crippen LogP contribution is 2.43. The van der Waals surface area contributed by atoms with Gasteiger partial charge < -0.3 is 5.32 Å². The van der Waals surface area contributed by atoms with E-state index >= 15 is 0 Å². The molecule has 33 heavy (non-hydrogen) atoms. The number of carbonyl (C=O) groups is 2. The molecule has 0 aromatic heterocycles. The molecular formula is C26H20ClN3O2S. The van der Waals surface area contributed by atoms with Crippen molar-refractivity contribution in [2.24, 2.45) is 0 Å². The van der Waals surface area contributed by atoms with Crippen LogP contribution in [0, 0.1) is 18.3 Å². The second-order valence-electron chi connectivity index (χ2n) is 7.47. The Labute approximate surface area is 201 Å². The number of nitrogens with one attached hydrogen (secondary N) is 1. The van der Waals surface area contributed by atoms with Crippen molar-refractivity contribution in [3.05, 3.63) is 106 Å². The maximum atomic E-state index is 13.6. The molecule has 5 nitrogen and oxygen atoms in total. The number of thioether (sulfide) groups is 1. The van der Waals surface area contributed by atoms with Crippen molar-refractivity contribution < 1.29 is 9.59 Å². The van der Waals surface area contributed by atoms with E-state index in [9.17, 15) is 14.9 Å². The summed E-state index contributed by atoms with van der Waals surface area (Å²) in [7, 11) is 0. The zero-order chi connectivity index (χ0) is 23.4. The van der Waals surface area contributed by atoms with Crippen LogP contribution in [0.2, 0.25) is 5.02 Å². The fourth-order valence-electron chi connectivity index (χ4n) is 3.60. The van der Waals surface area contributed by atoms with Gasteiger partial charge in [-0.2, -0.15) is 5.26 Å². The van der Waals surface area contributed by atoms with Crippen molar-refractivity contribution in [3.8, 4) is 6.07 Å². The minimum Gasteiger partial charge on any atom is -0.321 e. The molecule has 0 saturated carbocycles. The van der Waals surface area contributed by atoms with Crippen LogP contribution in [-0.2, 0) is 16.0 Å². The number of nitriles is 1. The molecular weight excluding hydrogens is 454 g/mol. The van der Waals surface area contributed by atoms with Crippen LogP contribution in [0.1, 0.15) is 11.1 Å². The minimum atomic E-state index is -0.559. The van der Waals surface area contributed by atoms with Gasteiger partial charge in [0.1, 0.15) is 16.7 Å². The van der Waals surface area contributed by atoms with Crippen LogP contribution >= 0.6 is 23.4 Å². The average molecular weight is 474 g/mol. The highest BCUT2D eigenvalue weighted by atomic mass is 35.5. The first-order valence-electron chi connectivity index (χ1n) is 10.3. The average Bonchev–Trinajstić information content (AvgIpc) is 3.12. The number of anilines is 2. The summed E-state index contributed by atoms with van der Waals surface area (Å²) in [4.78, 5) is 28.1. The van der Waals surface area contributed by atoms with Crippen molar-refractivity contribution in [2.45, 2.75) is 18.6 Å². The van der Waals surface area contributed by atoms with Gasteiger partial charge in [0.05, 0.1) is 10.9 Å². The molecule has 0 spiro atoms. The SMILES string of the molecule is Cc1ccccc1N1C(=O)[C@H](Cc2ccccc2Cl)S/C1=C(\C#N)C(=O)Nc1ccccc1. The van der Waals surface area contributed by atoms with Crippen molar-refractivity contribution >= 4 is 46.6 Å². The van der Waals surface area contributed by atoms with Crippen LogP contribution in [0.25, 0.3) is 0 Å². The van der Waals surface area contributed by atoms with Gasteiger partial charge >= 0.3 is 0 Å². The zero-order valence-electron chi connectivity index (χ0n) is 17.8. The molecule has 3 aromatic rings. The molecule has 2 amide bonds. The second-order valence-corrected chi connectivity index (χ2v) is 9.07. The molecule has 1 N–H and O–H groups in total. The number of halogens is 1. The highest BCUT2D eigenvalue weighted by Gasteiger charge is 2.41. The Balaban J connectivity index is 1.76. The topological polar surface area (TPSA) is 73.2 Å². The lowest BCUT2D eigenvalue weighted by molar-refractivity contribution is -0.117. The van der Waals surface area contributed by atoms with Crippen LogP contribution < -0.4 is 10.2 Å². The summed E-state index contributed by atoms with van der Waals surface area (Å²) >= 11 is 7.55. The molecule has 1 atom stereocenters. The summed E-state index contributed by atoms with van der Waals surface area (Å²) in [6.45, 7) is 1.89. The molecule has 1 heterocycles. The monoisotopic (exact) mass is 473 g/mol. The smallest absolute Gasteiger partial charge is 0.269 e. The first-order valence-corrected chi connectivity index (χ1v) is 11.6. The van der Waals surface area contributed by atoms with Gasteiger partial charge in [-0.05, 0) is 48.7 Å². The van der Waals surface area contributed by atoms with Crippen LogP contribution in [0.5, 0.6) is 0 Å². The fourth-order valence-corrected chi connectivity index (χ4v) is 5.10. The van der Waals surface area contributed by atoms with Crippen LogP contribution in [0.3, 0.4) is 0 Å². The summed E-state index contributed by atoms with van der Waals surface area (Å²) in [5, 5.41) is 13.1. The predicted molar refractivity (Wildman–Crippen MR) is 133 cm³/mol. The van der Waals surface area contributed by atoms with Gasteiger partial charge in [-0.25, -0.2) is 0 Å². The summed E-state index contributed by atoms with van der Waals surface area (Å²) in [5.74, 6) is -0.750. The third-order valence-corrected chi connectivity index (χ3v) is 6.89. The Hall–Kier alpha value is -3.53. The lowest BCUT2D eigenvalue weighted by Crippen LogP contribution is -2.31. The van der Waals surface area contributed by atoms with Gasteiger partial charge in [-0.1, -0.05) is 78.0 Å². The number of benzene rings is 3. The number of hydrogen-bond acceptors (Lipinski definition) is 4. The molecule has 164 valence electrons. The van der Waals surface area contributed by atoms with E-state index in [-0.39, 0.29) is 11.5 Å². The van der Waals surface area contributed by atoms with E-state index < -0.39 is 11.2 Å². The molecule has 7 heteroatoms. The summed E-state index contributed by atoms with van der Waals surface area (Å²) < 4.78 is 0. The number of nitrogens with zero attached hydrogens (tertiary/aromatic N) is 2. The maximum absolute atomic E-state index is 13.6. The lowest BCUT2D eigenvalue weighted by atomic mass is 10.1. The molecule has 1 fully saturated rings. The van der Waals surface area contributed by atoms with Gasteiger partial charge in [0.15, 0.2) is 0 Å². The molecule has 4 rings (SSSR count). The first kappa shape index (κ1) is 22.7. The summed E-state index contributed by atoms with van der Waals surface area (Å²) in [5.41, 5.74) is 2.81. The second kappa shape index (κ2) is 9.95. The van der Waals surface area contributed by atoms with Gasteiger partial charge in [-0.15, -0.1) is 0 Å². The maximum Gasteiger partial charge on any atom is 0.269 e. The van der Waals surface area contributed by atoms with Gasteiger partial charge in [-0.3, -0.25) is 14.5 Å². The van der Waals surface area contributed by atoms with Crippen molar-refractivity contribution in [1.29, 1.82) is 5.26 Å². The van der Waals surface area contributed by atoms with E-state index in [1.165, 1.54) is 16.7 Å². The molecule has 3 aromatic carbocycles. The standard InChI is InChI=1S/C26H20ClN3O2S/c1-17-9-5-8-14-22(17)30-25(32)23(15-18-10-6-7-13-21(18)27)33-26(30)20(16-28)24(31)29-19-11-3-2-4-12-19/h2-14,23H,15H2,1H3,(H,29,31)/b26-20+/t23-/m0/s1. The van der Waals surface area contributed by atoms with Gasteiger partial charge in [0.25, 0.3) is 5.91 Å². The Bertz CT molecular complexity index is 1280. The molecule has 1 aliphatic rings. The summed E-state index contributed by atoms with van der Waals surface area (Å²) in [6.07, 6.45) is 0.383. The quantitative estimate of drug-likeness (QED) is 0.380. The molecule has 1 aliphatic heterocycles. The number of para-hydroxylation sites is 2. The summed E-state index contributed by atoms with van der Waals surface area (Å²) in [6, 6.07) is 25.7. The Kier molecular flexibility index (Phi) is 6.83. The van der Waals surface area contributed by atoms with Crippen molar-refractivity contribution in [3.63, 3.8) is 0 Å².